The minimum absolute atomic E-state index is 0.141. The number of benzene rings is 13. The standard InChI is InChI=1S/C75H48BN3/c1-5-17-49(18-6-1)58-37-59(50-19-7-2-8-20-50)40-67(39-58)78-71-45-64-35-56-27-15-13-25-54(56)33-62(64)43-69(71)76-70-44-63-34-55-26-14-16-28-57(55)36-65(63)46-72(70)79(74-48-66(47-73(78)75(74)76)53-29-31-77-32-30-53)68-41-60(51-21-9-3-10-22-51)38-61(42-68)52-23-11-4-12-24-52/h1-48H. The molecule has 0 saturated carbocycles. The molecule has 0 aliphatic carbocycles. The Morgan fingerprint density at radius 3 is 0.886 bits per heavy atom. The normalized spacial score (nSPS) is 12.5. The van der Waals surface area contributed by atoms with E-state index in [0.29, 0.717) is 0 Å². The van der Waals surface area contributed by atoms with Crippen molar-refractivity contribution in [3.63, 3.8) is 0 Å². The summed E-state index contributed by atoms with van der Waals surface area (Å²) in [6.07, 6.45) is 3.84. The Balaban J connectivity index is 1.06. The van der Waals surface area contributed by atoms with Gasteiger partial charge in [-0.1, -0.05) is 182 Å². The van der Waals surface area contributed by atoms with Crippen LogP contribution >= 0.6 is 0 Å². The lowest BCUT2D eigenvalue weighted by Crippen LogP contribution is -2.61. The van der Waals surface area contributed by atoms with Gasteiger partial charge in [0.1, 0.15) is 0 Å². The summed E-state index contributed by atoms with van der Waals surface area (Å²) in [6.45, 7) is -0.141. The van der Waals surface area contributed by atoms with Crippen LogP contribution in [0.3, 0.4) is 0 Å². The third-order valence-electron chi connectivity index (χ3n) is 16.5. The molecule has 4 heteroatoms. The van der Waals surface area contributed by atoms with Crippen LogP contribution in [-0.4, -0.2) is 11.7 Å². The van der Waals surface area contributed by atoms with E-state index in [2.05, 4.69) is 294 Å². The van der Waals surface area contributed by atoms with E-state index in [1.807, 2.05) is 12.4 Å². The molecule has 2 aliphatic heterocycles. The zero-order valence-electron chi connectivity index (χ0n) is 43.1. The van der Waals surface area contributed by atoms with Crippen LogP contribution in [0.15, 0.2) is 291 Å². The number of fused-ring (bicyclic) bond motifs is 8. The SMILES string of the molecule is c1ccc(-c2cc(-c3ccccc3)cc(N3c4cc5cc6ccccc6cc5cc4B4c5cc6cc7ccccc7cc6cc5N(c5cc(-c6ccccc6)cc(-c6ccccc6)c5)c5cc(-c6ccncc6)cc3c54)c2)cc1. The average Bonchev–Trinajstić information content (AvgIpc) is 3.67. The number of anilines is 6. The van der Waals surface area contributed by atoms with E-state index in [4.69, 9.17) is 0 Å². The summed E-state index contributed by atoms with van der Waals surface area (Å²) in [5, 5.41) is 9.75. The second-order valence-electron chi connectivity index (χ2n) is 21.2. The maximum atomic E-state index is 4.54. The summed E-state index contributed by atoms with van der Waals surface area (Å²) in [5.74, 6) is 0. The molecule has 0 saturated heterocycles. The maximum absolute atomic E-state index is 4.54. The highest BCUT2D eigenvalue weighted by Gasteiger charge is 2.44. The van der Waals surface area contributed by atoms with Crippen LogP contribution < -0.4 is 26.2 Å². The molecular weight excluding hydrogens is 954 g/mol. The van der Waals surface area contributed by atoms with Crippen LogP contribution in [-0.2, 0) is 0 Å². The fraction of sp³-hybridized carbons (Fsp3) is 0. The molecule has 13 aromatic carbocycles. The van der Waals surface area contributed by atoms with E-state index >= 15 is 0 Å². The highest BCUT2D eigenvalue weighted by molar-refractivity contribution is 7.00. The summed E-state index contributed by atoms with van der Waals surface area (Å²) < 4.78 is 0. The van der Waals surface area contributed by atoms with Gasteiger partial charge in [0.25, 0.3) is 6.71 Å². The Labute approximate surface area is 459 Å². The first-order valence-corrected chi connectivity index (χ1v) is 27.3. The minimum Gasteiger partial charge on any atom is -0.311 e. The largest absolute Gasteiger partial charge is 0.311 e. The summed E-state index contributed by atoms with van der Waals surface area (Å²) in [7, 11) is 0. The van der Waals surface area contributed by atoms with Crippen molar-refractivity contribution >= 4 is 100 Å². The van der Waals surface area contributed by atoms with Crippen LogP contribution in [0.1, 0.15) is 0 Å². The van der Waals surface area contributed by atoms with E-state index < -0.39 is 0 Å². The molecule has 366 valence electrons. The summed E-state index contributed by atoms with van der Waals surface area (Å²) >= 11 is 0. The molecule has 16 rings (SSSR count). The molecule has 14 aromatic rings. The number of hydrogen-bond donors (Lipinski definition) is 0. The fourth-order valence-electron chi connectivity index (χ4n) is 12.8. The molecule has 0 atom stereocenters. The highest BCUT2D eigenvalue weighted by atomic mass is 15.2. The molecule has 0 unspecified atom stereocenters. The van der Waals surface area contributed by atoms with Crippen molar-refractivity contribution < 1.29 is 0 Å². The molecule has 3 nitrogen and oxygen atoms in total. The number of aromatic nitrogens is 1. The molecular formula is C75H48BN3. The molecule has 0 N–H and O–H groups in total. The molecule has 0 amide bonds. The smallest absolute Gasteiger partial charge is 0.252 e. The maximum Gasteiger partial charge on any atom is 0.252 e. The van der Waals surface area contributed by atoms with Gasteiger partial charge in [-0.15, -0.1) is 0 Å². The summed E-state index contributed by atoms with van der Waals surface area (Å²) in [6, 6.07) is 104. The zero-order chi connectivity index (χ0) is 52.0. The Bertz CT molecular complexity index is 4320. The van der Waals surface area contributed by atoms with Gasteiger partial charge in [-0.05, 0) is 212 Å². The van der Waals surface area contributed by atoms with Crippen molar-refractivity contribution in [1.29, 1.82) is 0 Å². The van der Waals surface area contributed by atoms with Gasteiger partial charge in [-0.2, -0.15) is 0 Å². The Kier molecular flexibility index (Phi) is 10.4. The van der Waals surface area contributed by atoms with Gasteiger partial charge in [0.05, 0.1) is 0 Å². The van der Waals surface area contributed by atoms with Gasteiger partial charge in [0.2, 0.25) is 0 Å². The lowest BCUT2D eigenvalue weighted by molar-refractivity contribution is 1.26. The van der Waals surface area contributed by atoms with Gasteiger partial charge in [-0.25, -0.2) is 0 Å². The van der Waals surface area contributed by atoms with Crippen LogP contribution in [0.25, 0.3) is 98.7 Å². The van der Waals surface area contributed by atoms with Crippen LogP contribution in [0.2, 0.25) is 0 Å². The Hall–Kier alpha value is -10.3. The first kappa shape index (κ1) is 45.0. The van der Waals surface area contributed by atoms with Crippen LogP contribution in [0.4, 0.5) is 34.1 Å². The van der Waals surface area contributed by atoms with Crippen molar-refractivity contribution in [2.45, 2.75) is 0 Å². The Morgan fingerprint density at radius 1 is 0.228 bits per heavy atom. The van der Waals surface area contributed by atoms with E-state index in [1.165, 1.54) is 81.7 Å². The molecule has 3 heterocycles. The molecule has 79 heavy (non-hydrogen) atoms. The number of pyridine rings is 1. The van der Waals surface area contributed by atoms with Crippen LogP contribution in [0, 0.1) is 0 Å². The molecule has 2 aliphatic rings. The van der Waals surface area contributed by atoms with E-state index in [0.717, 1.165) is 67.5 Å². The predicted octanol–water partition coefficient (Wildman–Crippen LogP) is 18.1. The molecule has 0 spiro atoms. The second-order valence-corrected chi connectivity index (χ2v) is 21.2. The van der Waals surface area contributed by atoms with Crippen molar-refractivity contribution in [2.75, 3.05) is 9.80 Å². The monoisotopic (exact) mass is 1000 g/mol. The molecule has 1 aromatic heterocycles. The number of rotatable bonds is 7. The lowest BCUT2D eigenvalue weighted by Gasteiger charge is -2.45. The van der Waals surface area contributed by atoms with E-state index in [9.17, 15) is 0 Å². The van der Waals surface area contributed by atoms with Gasteiger partial charge in [0.15, 0.2) is 0 Å². The van der Waals surface area contributed by atoms with Crippen molar-refractivity contribution in [3.8, 4) is 55.6 Å². The number of nitrogens with zero attached hydrogens (tertiary/aromatic N) is 3. The van der Waals surface area contributed by atoms with Gasteiger partial charge in [0, 0.05) is 46.5 Å². The zero-order valence-corrected chi connectivity index (χ0v) is 43.1. The topological polar surface area (TPSA) is 19.4 Å². The third-order valence-corrected chi connectivity index (χ3v) is 16.5. The summed E-state index contributed by atoms with van der Waals surface area (Å²) in [4.78, 5) is 9.73. The van der Waals surface area contributed by atoms with Crippen LogP contribution in [0.5, 0.6) is 0 Å². The quantitative estimate of drug-likeness (QED) is 0.117. The highest BCUT2D eigenvalue weighted by Crippen LogP contribution is 2.50. The van der Waals surface area contributed by atoms with E-state index in [-0.39, 0.29) is 6.71 Å². The first-order chi connectivity index (χ1) is 39.1. The van der Waals surface area contributed by atoms with Crippen molar-refractivity contribution in [2.24, 2.45) is 0 Å². The van der Waals surface area contributed by atoms with Gasteiger partial charge >= 0.3 is 0 Å². The number of hydrogen-bond acceptors (Lipinski definition) is 3. The molecule has 0 fully saturated rings. The van der Waals surface area contributed by atoms with Gasteiger partial charge in [-0.3, -0.25) is 4.98 Å². The minimum atomic E-state index is -0.141. The second kappa shape index (κ2) is 18.2. The van der Waals surface area contributed by atoms with Crippen molar-refractivity contribution in [1.82, 2.24) is 4.98 Å². The summed E-state index contributed by atoms with van der Waals surface area (Å²) in [5.41, 5.74) is 22.1. The van der Waals surface area contributed by atoms with Crippen molar-refractivity contribution in [3.05, 3.63) is 291 Å². The predicted molar refractivity (Wildman–Crippen MR) is 335 cm³/mol. The Morgan fingerprint density at radius 2 is 0.532 bits per heavy atom. The van der Waals surface area contributed by atoms with E-state index in [1.54, 1.807) is 0 Å². The average molecular weight is 1000 g/mol. The fourth-order valence-corrected chi connectivity index (χ4v) is 12.8. The molecule has 0 bridgehead atoms. The van der Waals surface area contributed by atoms with Gasteiger partial charge < -0.3 is 9.80 Å². The molecule has 0 radical (unpaired) electrons. The third kappa shape index (κ3) is 7.63. The lowest BCUT2D eigenvalue weighted by atomic mass is 9.33. The first-order valence-electron chi connectivity index (χ1n) is 27.3.